The number of carbonyl (C=O) groups is 1. The molecule has 1 atom stereocenters. The summed E-state index contributed by atoms with van der Waals surface area (Å²) in [6.45, 7) is 7.26. The van der Waals surface area contributed by atoms with E-state index in [0.29, 0.717) is 67.5 Å². The lowest BCUT2D eigenvalue weighted by molar-refractivity contribution is -0.153. The van der Waals surface area contributed by atoms with E-state index in [4.69, 9.17) is 55.0 Å². The van der Waals surface area contributed by atoms with Crippen molar-refractivity contribution in [1.29, 1.82) is 0 Å². The first-order valence-corrected chi connectivity index (χ1v) is 24.3. The molecule has 1 saturated heterocycles. The second kappa shape index (κ2) is 22.7. The number of thiophene rings is 1. The minimum absolute atomic E-state index is 0.0256. The average Bonchev–Trinajstić information content (AvgIpc) is 3.80. The molecule has 0 aliphatic carbocycles. The number of carbonyl (C=O) groups excluding carboxylic acids is 1. The topological polar surface area (TPSA) is 130 Å². The molecule has 0 radical (unpaired) electrons. The third kappa shape index (κ3) is 11.6. The molecule has 0 spiro atoms. The number of piperazine rings is 1. The molecule has 5 aromatic carbocycles. The first-order chi connectivity index (χ1) is 34.6. The molecule has 0 bridgehead atoms. The van der Waals surface area contributed by atoms with Crippen LogP contribution in [0.25, 0.3) is 43.2 Å². The van der Waals surface area contributed by atoms with Crippen LogP contribution < -0.4 is 23.7 Å². The first-order valence-electron chi connectivity index (χ1n) is 23.1. The summed E-state index contributed by atoms with van der Waals surface area (Å²) in [4.78, 5) is 39.2. The van der Waals surface area contributed by atoms with Gasteiger partial charge in [0.25, 0.3) is 0 Å². The highest BCUT2D eigenvalue weighted by Crippen LogP contribution is 2.49. The van der Waals surface area contributed by atoms with E-state index in [1.807, 2.05) is 79.7 Å². The third-order valence-electron chi connectivity index (χ3n) is 12.3. The van der Waals surface area contributed by atoms with E-state index in [1.54, 1.807) is 50.7 Å². The molecule has 364 valence electrons. The van der Waals surface area contributed by atoms with Gasteiger partial charge in [0, 0.05) is 55.8 Å². The summed E-state index contributed by atoms with van der Waals surface area (Å²) < 4.78 is 50.9. The highest BCUT2D eigenvalue weighted by atomic mass is 35.5. The summed E-state index contributed by atoms with van der Waals surface area (Å²) in [7, 11) is 5.33. The van der Waals surface area contributed by atoms with E-state index in [9.17, 15) is 9.18 Å². The number of methoxy groups -OCH3 is 2. The summed E-state index contributed by atoms with van der Waals surface area (Å²) in [5.41, 5.74) is 5.79. The van der Waals surface area contributed by atoms with Crippen LogP contribution in [-0.2, 0) is 29.2 Å². The molecule has 0 amide bonds. The number of halogens is 2. The number of esters is 1. The molecule has 1 aliphatic rings. The molecule has 13 nitrogen and oxygen atoms in total. The summed E-state index contributed by atoms with van der Waals surface area (Å²) >= 11 is 8.56. The van der Waals surface area contributed by atoms with Crippen LogP contribution in [0.2, 0.25) is 5.02 Å². The van der Waals surface area contributed by atoms with Crippen molar-refractivity contribution in [1.82, 2.24) is 29.7 Å². The monoisotopic (exact) mass is 994 g/mol. The second-order valence-corrected chi connectivity index (χ2v) is 18.3. The van der Waals surface area contributed by atoms with Gasteiger partial charge in [0.05, 0.1) is 35.9 Å². The SMILES string of the molecule is COc1ccc(COC(=O)[C@@H](Cc2ccccc2OCc2ccnc(-c3ccccc3OC)n2)Oc2ncnc3sc(-c4ccc(F)cc4)c(-c4ccc(OCCN5CCN(C)CC5)c(Cl)c4C)c23)cc1. The lowest BCUT2D eigenvalue weighted by Gasteiger charge is -2.32. The lowest BCUT2D eigenvalue weighted by Crippen LogP contribution is -2.45. The zero-order valence-electron chi connectivity index (χ0n) is 39.8. The van der Waals surface area contributed by atoms with Crippen LogP contribution in [0.4, 0.5) is 4.39 Å². The van der Waals surface area contributed by atoms with Gasteiger partial charge in [0.1, 0.15) is 59.8 Å². The van der Waals surface area contributed by atoms with E-state index < -0.39 is 12.1 Å². The summed E-state index contributed by atoms with van der Waals surface area (Å²) in [6.07, 6.45) is 1.89. The fourth-order valence-electron chi connectivity index (χ4n) is 8.33. The van der Waals surface area contributed by atoms with E-state index in [1.165, 1.54) is 29.8 Å². The Hall–Kier alpha value is -7.17. The van der Waals surface area contributed by atoms with Gasteiger partial charge >= 0.3 is 5.97 Å². The van der Waals surface area contributed by atoms with Crippen molar-refractivity contribution >= 4 is 39.1 Å². The van der Waals surface area contributed by atoms with E-state index in [-0.39, 0.29) is 31.3 Å². The Bertz CT molecular complexity index is 3120. The van der Waals surface area contributed by atoms with Crippen LogP contribution >= 0.6 is 22.9 Å². The maximum Gasteiger partial charge on any atom is 0.348 e. The molecule has 0 saturated carbocycles. The van der Waals surface area contributed by atoms with Crippen molar-refractivity contribution in [2.45, 2.75) is 32.7 Å². The van der Waals surface area contributed by atoms with Gasteiger partial charge < -0.3 is 33.3 Å². The van der Waals surface area contributed by atoms with E-state index >= 15 is 0 Å². The number of ether oxygens (including phenoxy) is 6. The van der Waals surface area contributed by atoms with Crippen molar-refractivity contribution in [3.63, 3.8) is 0 Å². The minimum Gasteiger partial charge on any atom is -0.497 e. The third-order valence-corrected chi connectivity index (χ3v) is 13.9. The van der Waals surface area contributed by atoms with Crippen molar-refractivity contribution in [3.05, 3.63) is 161 Å². The van der Waals surface area contributed by atoms with Crippen molar-refractivity contribution in [2.24, 2.45) is 0 Å². The van der Waals surface area contributed by atoms with Crippen LogP contribution in [0.5, 0.6) is 28.9 Å². The Kier molecular flexibility index (Phi) is 15.6. The molecular formula is C55H52ClFN6O7S. The molecule has 4 heterocycles. The predicted octanol–water partition coefficient (Wildman–Crippen LogP) is 10.5. The molecule has 9 rings (SSSR count). The average molecular weight is 996 g/mol. The fraction of sp³-hybridized carbons (Fsp3) is 0.255. The van der Waals surface area contributed by atoms with Gasteiger partial charge in [-0.05, 0) is 96.4 Å². The van der Waals surface area contributed by atoms with E-state index in [0.717, 1.165) is 65.4 Å². The van der Waals surface area contributed by atoms with Crippen molar-refractivity contribution in [3.8, 4) is 61.8 Å². The van der Waals surface area contributed by atoms with Gasteiger partial charge in [0.15, 0.2) is 5.82 Å². The van der Waals surface area contributed by atoms with Crippen LogP contribution in [0.3, 0.4) is 0 Å². The quantitative estimate of drug-likeness (QED) is 0.0713. The zero-order chi connectivity index (χ0) is 49.3. The largest absolute Gasteiger partial charge is 0.497 e. The number of aromatic nitrogens is 4. The standard InChI is InChI=1S/C55H52ClFN6O7S/c1-35-42(21-22-46(50(35)56)67-30-29-63-27-25-62(2)26-28-63)48-49-53(59-34-60-54(49)71-51(48)37-15-17-39(57)18-16-37)70-47(55(64)69-32-36-13-19-41(65-3)20-14-36)31-38-9-5-7-11-44(38)68-33-40-23-24-58-52(61-40)43-10-6-8-12-45(43)66-4/h5-24,34,47H,25-33H2,1-4H3/t47-/m1/s1. The molecule has 3 aromatic heterocycles. The smallest absolute Gasteiger partial charge is 0.348 e. The number of benzene rings is 5. The molecule has 16 heteroatoms. The Morgan fingerprint density at radius 3 is 2.32 bits per heavy atom. The van der Waals surface area contributed by atoms with Crippen LogP contribution in [0, 0.1) is 12.7 Å². The zero-order valence-corrected chi connectivity index (χ0v) is 41.3. The Morgan fingerprint density at radius 1 is 0.789 bits per heavy atom. The molecular weight excluding hydrogens is 943 g/mol. The molecule has 8 aromatic rings. The Morgan fingerprint density at radius 2 is 1.55 bits per heavy atom. The normalized spacial score (nSPS) is 13.4. The molecule has 0 N–H and O–H groups in total. The molecule has 1 aliphatic heterocycles. The Balaban J connectivity index is 1.05. The summed E-state index contributed by atoms with van der Waals surface area (Å²) in [5, 5.41) is 1.01. The number of para-hydroxylation sites is 2. The number of hydrogen-bond donors (Lipinski definition) is 0. The molecule has 0 unspecified atom stereocenters. The number of fused-ring (bicyclic) bond motifs is 1. The fourth-order valence-corrected chi connectivity index (χ4v) is 9.71. The number of hydrogen-bond acceptors (Lipinski definition) is 14. The van der Waals surface area contributed by atoms with Crippen molar-refractivity contribution in [2.75, 3.05) is 60.6 Å². The second-order valence-electron chi connectivity index (χ2n) is 17.0. The highest BCUT2D eigenvalue weighted by molar-refractivity contribution is 7.22. The summed E-state index contributed by atoms with van der Waals surface area (Å²) in [6, 6.07) is 34.1. The maximum atomic E-state index is 14.5. The minimum atomic E-state index is -1.23. The predicted molar refractivity (Wildman–Crippen MR) is 273 cm³/mol. The van der Waals surface area contributed by atoms with Gasteiger partial charge in [0.2, 0.25) is 12.0 Å². The lowest BCUT2D eigenvalue weighted by atomic mass is 9.96. The number of likely N-dealkylation sites (N-methyl/N-ethyl adjacent to an activating group) is 1. The van der Waals surface area contributed by atoms with Crippen LogP contribution in [-0.4, -0.2) is 102 Å². The van der Waals surface area contributed by atoms with Crippen molar-refractivity contribution < 1.29 is 37.6 Å². The number of rotatable bonds is 19. The van der Waals surface area contributed by atoms with Gasteiger partial charge in [-0.1, -0.05) is 72.3 Å². The summed E-state index contributed by atoms with van der Waals surface area (Å²) in [5.74, 6) is 2.05. The van der Waals surface area contributed by atoms with Crippen LogP contribution in [0.1, 0.15) is 22.4 Å². The van der Waals surface area contributed by atoms with Gasteiger partial charge in [-0.2, -0.15) is 0 Å². The van der Waals surface area contributed by atoms with Gasteiger partial charge in [-0.15, -0.1) is 11.3 Å². The molecule has 1 fully saturated rings. The van der Waals surface area contributed by atoms with E-state index in [2.05, 4.69) is 21.8 Å². The van der Waals surface area contributed by atoms with Crippen LogP contribution in [0.15, 0.2) is 128 Å². The first kappa shape index (κ1) is 48.8. The van der Waals surface area contributed by atoms with Gasteiger partial charge in [-0.25, -0.2) is 29.1 Å². The Labute approximate surface area is 420 Å². The maximum absolute atomic E-state index is 14.5. The van der Waals surface area contributed by atoms with Gasteiger partial charge in [-0.3, -0.25) is 4.90 Å². The number of nitrogens with zero attached hydrogens (tertiary/aromatic N) is 6. The molecule has 71 heavy (non-hydrogen) atoms. The highest BCUT2D eigenvalue weighted by Gasteiger charge is 2.30.